The molecule has 1 fully saturated rings. The van der Waals surface area contributed by atoms with Crippen molar-refractivity contribution >= 4 is 11.6 Å². The first kappa shape index (κ1) is 9.04. The molecule has 2 N–H and O–H groups in total. The molecule has 1 saturated carbocycles. The fourth-order valence-electron chi connectivity index (χ4n) is 1.56. The monoisotopic (exact) mass is 195 g/mol. The third-order valence-electron chi connectivity index (χ3n) is 2.58. The van der Waals surface area contributed by atoms with Gasteiger partial charge >= 0.3 is 0 Å². The molecular formula is C11H14ClN. The van der Waals surface area contributed by atoms with E-state index in [9.17, 15) is 0 Å². The standard InChI is InChI=1S/C11H14ClN/c12-10-5-3-9(4-6-10)11(13)7-8-1-2-8/h3-6,8,11H,1-2,7,13H2/t11-/m1/s1. The molecule has 1 aliphatic rings. The van der Waals surface area contributed by atoms with Crippen molar-refractivity contribution < 1.29 is 0 Å². The van der Waals surface area contributed by atoms with Crippen molar-refractivity contribution in [2.75, 3.05) is 0 Å². The van der Waals surface area contributed by atoms with E-state index >= 15 is 0 Å². The Morgan fingerprint density at radius 2 is 1.92 bits per heavy atom. The molecule has 0 aliphatic heterocycles. The number of nitrogens with two attached hydrogens (primary N) is 1. The lowest BCUT2D eigenvalue weighted by Gasteiger charge is -2.10. The zero-order valence-corrected chi connectivity index (χ0v) is 8.30. The van der Waals surface area contributed by atoms with Crippen LogP contribution in [-0.2, 0) is 0 Å². The molecule has 0 bridgehead atoms. The molecule has 0 aromatic heterocycles. The molecule has 2 heteroatoms. The molecule has 1 aromatic carbocycles. The summed E-state index contributed by atoms with van der Waals surface area (Å²) in [5, 5.41) is 0.780. The van der Waals surface area contributed by atoms with Crippen LogP contribution in [0.1, 0.15) is 30.9 Å². The summed E-state index contributed by atoms with van der Waals surface area (Å²) in [7, 11) is 0. The minimum absolute atomic E-state index is 0.199. The van der Waals surface area contributed by atoms with E-state index in [1.54, 1.807) is 0 Å². The normalized spacial score (nSPS) is 18.6. The van der Waals surface area contributed by atoms with Crippen molar-refractivity contribution in [1.29, 1.82) is 0 Å². The molecule has 13 heavy (non-hydrogen) atoms. The Labute approximate surface area is 83.9 Å². The highest BCUT2D eigenvalue weighted by Gasteiger charge is 2.24. The summed E-state index contributed by atoms with van der Waals surface area (Å²) < 4.78 is 0. The molecule has 70 valence electrons. The van der Waals surface area contributed by atoms with Gasteiger partial charge in [-0.25, -0.2) is 0 Å². The van der Waals surface area contributed by atoms with Gasteiger partial charge in [-0.05, 0) is 30.0 Å². The second kappa shape index (κ2) is 3.69. The average molecular weight is 196 g/mol. The Morgan fingerprint density at radius 1 is 1.31 bits per heavy atom. The zero-order chi connectivity index (χ0) is 9.26. The van der Waals surface area contributed by atoms with Crippen LogP contribution in [-0.4, -0.2) is 0 Å². The summed E-state index contributed by atoms with van der Waals surface area (Å²) in [5.74, 6) is 0.880. The van der Waals surface area contributed by atoms with Gasteiger partial charge in [0, 0.05) is 11.1 Å². The quantitative estimate of drug-likeness (QED) is 0.788. The van der Waals surface area contributed by atoms with E-state index in [-0.39, 0.29) is 6.04 Å². The highest BCUT2D eigenvalue weighted by Crippen LogP contribution is 2.36. The van der Waals surface area contributed by atoms with Gasteiger partial charge in [-0.15, -0.1) is 0 Å². The fraction of sp³-hybridized carbons (Fsp3) is 0.455. The Hall–Kier alpha value is -0.530. The van der Waals surface area contributed by atoms with E-state index in [0.717, 1.165) is 17.4 Å². The minimum atomic E-state index is 0.199. The number of benzene rings is 1. The van der Waals surface area contributed by atoms with E-state index in [1.807, 2.05) is 24.3 Å². The van der Waals surface area contributed by atoms with Crippen LogP contribution in [0.15, 0.2) is 24.3 Å². The maximum atomic E-state index is 6.04. The molecule has 2 rings (SSSR count). The van der Waals surface area contributed by atoms with Crippen LogP contribution < -0.4 is 5.73 Å². The summed E-state index contributed by atoms with van der Waals surface area (Å²) in [5.41, 5.74) is 7.25. The molecule has 1 nitrogen and oxygen atoms in total. The SMILES string of the molecule is N[C@H](CC1CC1)c1ccc(Cl)cc1. The maximum Gasteiger partial charge on any atom is 0.0406 e. The first-order valence-corrected chi connectivity index (χ1v) is 5.14. The second-order valence-corrected chi connectivity index (χ2v) is 4.27. The molecule has 0 amide bonds. The molecule has 0 radical (unpaired) electrons. The summed E-state index contributed by atoms with van der Waals surface area (Å²) in [6.07, 6.45) is 3.85. The van der Waals surface area contributed by atoms with Crippen LogP contribution in [0.3, 0.4) is 0 Å². The lowest BCUT2D eigenvalue weighted by molar-refractivity contribution is 0.597. The summed E-state index contributed by atoms with van der Waals surface area (Å²) >= 11 is 5.79. The van der Waals surface area contributed by atoms with Crippen molar-refractivity contribution in [3.8, 4) is 0 Å². The van der Waals surface area contributed by atoms with Crippen LogP contribution in [0.4, 0.5) is 0 Å². The smallest absolute Gasteiger partial charge is 0.0406 e. The van der Waals surface area contributed by atoms with Crippen LogP contribution in [0.25, 0.3) is 0 Å². The van der Waals surface area contributed by atoms with Crippen molar-refractivity contribution in [2.24, 2.45) is 11.7 Å². The number of hydrogen-bond acceptors (Lipinski definition) is 1. The Kier molecular flexibility index (Phi) is 2.56. The lowest BCUT2D eigenvalue weighted by Crippen LogP contribution is -2.10. The lowest BCUT2D eigenvalue weighted by atomic mass is 10.0. The van der Waals surface area contributed by atoms with Crippen LogP contribution in [0.5, 0.6) is 0 Å². The molecule has 0 spiro atoms. The van der Waals surface area contributed by atoms with Gasteiger partial charge in [0.05, 0.1) is 0 Å². The highest BCUT2D eigenvalue weighted by atomic mass is 35.5. The number of rotatable bonds is 3. The minimum Gasteiger partial charge on any atom is -0.324 e. The van der Waals surface area contributed by atoms with Gasteiger partial charge < -0.3 is 5.73 Å². The zero-order valence-electron chi connectivity index (χ0n) is 7.54. The molecule has 1 aliphatic carbocycles. The van der Waals surface area contributed by atoms with Gasteiger partial charge in [0.2, 0.25) is 0 Å². The van der Waals surface area contributed by atoms with Gasteiger partial charge in [0.15, 0.2) is 0 Å². The van der Waals surface area contributed by atoms with Crippen LogP contribution >= 0.6 is 11.6 Å². The predicted molar refractivity (Wildman–Crippen MR) is 55.7 cm³/mol. The third-order valence-corrected chi connectivity index (χ3v) is 2.83. The first-order valence-electron chi connectivity index (χ1n) is 4.77. The maximum absolute atomic E-state index is 6.04. The fourth-order valence-corrected chi connectivity index (χ4v) is 1.68. The Bertz CT molecular complexity index is 277. The van der Waals surface area contributed by atoms with E-state index in [4.69, 9.17) is 17.3 Å². The average Bonchev–Trinajstić information content (AvgIpc) is 2.89. The summed E-state index contributed by atoms with van der Waals surface area (Å²) in [6.45, 7) is 0. The van der Waals surface area contributed by atoms with Crippen molar-refractivity contribution in [3.63, 3.8) is 0 Å². The number of hydrogen-bond donors (Lipinski definition) is 1. The van der Waals surface area contributed by atoms with Crippen molar-refractivity contribution in [3.05, 3.63) is 34.9 Å². The third kappa shape index (κ3) is 2.45. The van der Waals surface area contributed by atoms with E-state index < -0.39 is 0 Å². The van der Waals surface area contributed by atoms with Gasteiger partial charge in [-0.2, -0.15) is 0 Å². The molecule has 0 unspecified atom stereocenters. The molecule has 1 aromatic rings. The topological polar surface area (TPSA) is 26.0 Å². The van der Waals surface area contributed by atoms with Gasteiger partial charge in [-0.3, -0.25) is 0 Å². The summed E-state index contributed by atoms with van der Waals surface area (Å²) in [6, 6.07) is 8.06. The highest BCUT2D eigenvalue weighted by molar-refractivity contribution is 6.30. The van der Waals surface area contributed by atoms with Crippen molar-refractivity contribution in [2.45, 2.75) is 25.3 Å². The molecular weight excluding hydrogens is 182 g/mol. The second-order valence-electron chi connectivity index (χ2n) is 3.84. The van der Waals surface area contributed by atoms with Gasteiger partial charge in [0.1, 0.15) is 0 Å². The molecule has 0 heterocycles. The van der Waals surface area contributed by atoms with Crippen LogP contribution in [0.2, 0.25) is 5.02 Å². The van der Waals surface area contributed by atoms with Crippen LogP contribution in [0, 0.1) is 5.92 Å². The van der Waals surface area contributed by atoms with E-state index in [2.05, 4.69) is 0 Å². The molecule has 1 atom stereocenters. The van der Waals surface area contributed by atoms with E-state index in [1.165, 1.54) is 18.4 Å². The summed E-state index contributed by atoms with van der Waals surface area (Å²) in [4.78, 5) is 0. The van der Waals surface area contributed by atoms with Gasteiger partial charge in [-0.1, -0.05) is 36.6 Å². The van der Waals surface area contributed by atoms with Crippen molar-refractivity contribution in [1.82, 2.24) is 0 Å². The largest absolute Gasteiger partial charge is 0.324 e. The first-order chi connectivity index (χ1) is 6.25. The van der Waals surface area contributed by atoms with Gasteiger partial charge in [0.25, 0.3) is 0 Å². The van der Waals surface area contributed by atoms with E-state index in [0.29, 0.717) is 0 Å². The Morgan fingerprint density at radius 3 is 2.46 bits per heavy atom. The number of halogens is 1. The molecule has 0 saturated heterocycles. The predicted octanol–water partition coefficient (Wildman–Crippen LogP) is 3.14. The Balaban J connectivity index is 2.01.